The summed E-state index contributed by atoms with van der Waals surface area (Å²) in [5, 5.41) is 4.63. The van der Waals surface area contributed by atoms with Crippen molar-refractivity contribution >= 4 is 16.9 Å². The van der Waals surface area contributed by atoms with Crippen LogP contribution in [0.1, 0.15) is 53.9 Å². The number of thioether (sulfide) groups is 1. The van der Waals surface area contributed by atoms with Crippen LogP contribution in [-0.2, 0) is 0 Å². The van der Waals surface area contributed by atoms with Crippen molar-refractivity contribution in [2.75, 3.05) is 5.75 Å². The lowest BCUT2D eigenvalue weighted by Gasteiger charge is -2.32. The average molecular weight is 282 g/mol. The SMILES string of the molecule is CC=CCSC(=NC1C(C)CCCC1C)NC(C)C. The Bertz CT molecular complexity index is 300. The number of hydrogen-bond donors (Lipinski definition) is 1. The Labute approximate surface area is 123 Å². The molecule has 2 atom stereocenters. The van der Waals surface area contributed by atoms with Crippen molar-refractivity contribution in [3.63, 3.8) is 0 Å². The van der Waals surface area contributed by atoms with Crippen LogP contribution in [-0.4, -0.2) is 23.0 Å². The Balaban J connectivity index is 2.72. The van der Waals surface area contributed by atoms with Gasteiger partial charge >= 0.3 is 0 Å². The number of allylic oxidation sites excluding steroid dienone is 1. The molecule has 1 rings (SSSR count). The maximum atomic E-state index is 5.04. The van der Waals surface area contributed by atoms with Crippen molar-refractivity contribution in [2.24, 2.45) is 16.8 Å². The molecule has 110 valence electrons. The van der Waals surface area contributed by atoms with Crippen LogP contribution in [0.5, 0.6) is 0 Å². The third kappa shape index (κ3) is 6.03. The Morgan fingerprint density at radius 1 is 1.32 bits per heavy atom. The van der Waals surface area contributed by atoms with Crippen molar-refractivity contribution in [2.45, 2.75) is 66.0 Å². The number of rotatable bonds is 4. The number of aliphatic imine (C=N–C) groups is 1. The first-order chi connectivity index (χ1) is 9.04. The van der Waals surface area contributed by atoms with Gasteiger partial charge in [-0.15, -0.1) is 0 Å². The molecule has 0 spiro atoms. The lowest BCUT2D eigenvalue weighted by molar-refractivity contribution is 0.252. The van der Waals surface area contributed by atoms with Gasteiger partial charge in [-0.2, -0.15) is 0 Å². The van der Waals surface area contributed by atoms with E-state index in [1.807, 2.05) is 11.8 Å². The summed E-state index contributed by atoms with van der Waals surface area (Å²) in [4.78, 5) is 5.04. The molecule has 0 bridgehead atoms. The quantitative estimate of drug-likeness (QED) is 0.467. The standard InChI is InChI=1S/C16H30N2S/c1-6-7-11-19-16(17-12(2)3)18-15-13(4)9-8-10-14(15)5/h6-7,12-15H,8-11H2,1-5H3,(H,17,18). The predicted octanol–water partition coefficient (Wildman–Crippen LogP) is 4.47. The summed E-state index contributed by atoms with van der Waals surface area (Å²) in [5.74, 6) is 2.44. The molecule has 1 fully saturated rings. The van der Waals surface area contributed by atoms with E-state index in [-0.39, 0.29) is 0 Å². The highest BCUT2D eigenvalue weighted by molar-refractivity contribution is 8.13. The van der Waals surface area contributed by atoms with Crippen molar-refractivity contribution in [3.8, 4) is 0 Å². The second-order valence-electron chi connectivity index (χ2n) is 5.99. The van der Waals surface area contributed by atoms with Gasteiger partial charge in [-0.3, -0.25) is 4.99 Å². The smallest absolute Gasteiger partial charge is 0.157 e. The van der Waals surface area contributed by atoms with Gasteiger partial charge in [0.1, 0.15) is 0 Å². The molecule has 2 nitrogen and oxygen atoms in total. The molecule has 3 heteroatoms. The van der Waals surface area contributed by atoms with Gasteiger partial charge in [-0.1, -0.05) is 44.2 Å². The predicted molar refractivity (Wildman–Crippen MR) is 88.9 cm³/mol. The molecule has 0 heterocycles. The molecule has 0 aromatic carbocycles. The molecule has 1 N–H and O–H groups in total. The first-order valence-electron chi connectivity index (χ1n) is 7.62. The molecular formula is C16H30N2S. The van der Waals surface area contributed by atoms with E-state index in [1.165, 1.54) is 19.3 Å². The normalized spacial score (nSPS) is 29.2. The van der Waals surface area contributed by atoms with E-state index >= 15 is 0 Å². The fraction of sp³-hybridized carbons (Fsp3) is 0.812. The minimum Gasteiger partial charge on any atom is -0.363 e. The molecule has 19 heavy (non-hydrogen) atoms. The first kappa shape index (κ1) is 16.6. The van der Waals surface area contributed by atoms with E-state index < -0.39 is 0 Å². The summed E-state index contributed by atoms with van der Waals surface area (Å²) >= 11 is 1.82. The topological polar surface area (TPSA) is 24.4 Å². The maximum absolute atomic E-state index is 5.04. The molecule has 1 aliphatic rings. The van der Waals surface area contributed by atoms with Gasteiger partial charge in [0.15, 0.2) is 5.17 Å². The largest absolute Gasteiger partial charge is 0.363 e. The highest BCUT2D eigenvalue weighted by Crippen LogP contribution is 2.31. The van der Waals surface area contributed by atoms with Gasteiger partial charge in [0.25, 0.3) is 0 Å². The van der Waals surface area contributed by atoms with Gasteiger partial charge in [-0.25, -0.2) is 0 Å². The third-order valence-corrected chi connectivity index (χ3v) is 4.57. The van der Waals surface area contributed by atoms with Crippen molar-refractivity contribution < 1.29 is 0 Å². The van der Waals surface area contributed by atoms with Gasteiger partial charge < -0.3 is 5.32 Å². The zero-order valence-corrected chi connectivity index (χ0v) is 14.0. The van der Waals surface area contributed by atoms with Crippen LogP contribution in [0, 0.1) is 11.8 Å². The van der Waals surface area contributed by atoms with Crippen molar-refractivity contribution in [1.29, 1.82) is 0 Å². The second kappa shape index (κ2) is 8.68. The van der Waals surface area contributed by atoms with Crippen LogP contribution >= 0.6 is 11.8 Å². The highest BCUT2D eigenvalue weighted by Gasteiger charge is 2.27. The monoisotopic (exact) mass is 282 g/mol. The summed E-state index contributed by atoms with van der Waals surface area (Å²) in [6.45, 7) is 11.1. The van der Waals surface area contributed by atoms with Gasteiger partial charge in [-0.05, 0) is 45.4 Å². The number of nitrogens with zero attached hydrogens (tertiary/aromatic N) is 1. The number of hydrogen-bond acceptors (Lipinski definition) is 2. The molecule has 0 amide bonds. The number of amidine groups is 1. The third-order valence-electron chi connectivity index (χ3n) is 3.72. The van der Waals surface area contributed by atoms with Gasteiger partial charge in [0.2, 0.25) is 0 Å². The van der Waals surface area contributed by atoms with Gasteiger partial charge in [0, 0.05) is 11.8 Å². The van der Waals surface area contributed by atoms with Crippen molar-refractivity contribution in [1.82, 2.24) is 5.32 Å². The summed E-state index contributed by atoms with van der Waals surface area (Å²) < 4.78 is 0. The molecule has 1 aliphatic carbocycles. The maximum Gasteiger partial charge on any atom is 0.157 e. The summed E-state index contributed by atoms with van der Waals surface area (Å²) in [6.07, 6.45) is 8.31. The summed E-state index contributed by atoms with van der Waals surface area (Å²) in [6, 6.07) is 0.944. The lowest BCUT2D eigenvalue weighted by atomic mass is 9.79. The molecule has 0 aliphatic heterocycles. The molecule has 1 saturated carbocycles. The van der Waals surface area contributed by atoms with Crippen molar-refractivity contribution in [3.05, 3.63) is 12.2 Å². The van der Waals surface area contributed by atoms with E-state index in [2.05, 4.69) is 52.1 Å². The minimum absolute atomic E-state index is 0.450. The molecule has 0 aromatic heterocycles. The Hall–Kier alpha value is -0.440. The Morgan fingerprint density at radius 3 is 2.47 bits per heavy atom. The first-order valence-corrected chi connectivity index (χ1v) is 8.61. The van der Waals surface area contributed by atoms with E-state index in [4.69, 9.17) is 4.99 Å². The van der Waals surface area contributed by atoms with E-state index in [1.54, 1.807) is 0 Å². The highest BCUT2D eigenvalue weighted by atomic mass is 32.2. The zero-order valence-electron chi connectivity index (χ0n) is 13.1. The van der Waals surface area contributed by atoms with E-state index in [9.17, 15) is 0 Å². The molecule has 2 unspecified atom stereocenters. The van der Waals surface area contributed by atoms with Crippen LogP contribution in [0.15, 0.2) is 17.1 Å². The van der Waals surface area contributed by atoms with Gasteiger partial charge in [0.05, 0.1) is 6.04 Å². The Morgan fingerprint density at radius 2 is 1.95 bits per heavy atom. The second-order valence-corrected chi connectivity index (χ2v) is 7.00. The zero-order chi connectivity index (χ0) is 14.3. The molecule has 0 saturated heterocycles. The van der Waals surface area contributed by atoms with Crippen LogP contribution in [0.4, 0.5) is 0 Å². The fourth-order valence-corrected chi connectivity index (χ4v) is 3.60. The average Bonchev–Trinajstić information content (AvgIpc) is 2.33. The Kier molecular flexibility index (Phi) is 7.59. The molecule has 0 radical (unpaired) electrons. The van der Waals surface area contributed by atoms with E-state index in [0.717, 1.165) is 22.8 Å². The van der Waals surface area contributed by atoms with Crippen LogP contribution in [0.25, 0.3) is 0 Å². The molecular weight excluding hydrogens is 252 g/mol. The van der Waals surface area contributed by atoms with Crippen LogP contribution in [0.3, 0.4) is 0 Å². The van der Waals surface area contributed by atoms with Crippen LogP contribution in [0.2, 0.25) is 0 Å². The number of nitrogens with one attached hydrogen (secondary N) is 1. The summed E-state index contributed by atoms with van der Waals surface area (Å²) in [7, 11) is 0. The molecule has 0 aromatic rings. The fourth-order valence-electron chi connectivity index (χ4n) is 2.64. The van der Waals surface area contributed by atoms with E-state index in [0.29, 0.717) is 12.1 Å². The minimum atomic E-state index is 0.450. The summed E-state index contributed by atoms with van der Waals surface area (Å²) in [5.41, 5.74) is 0. The van der Waals surface area contributed by atoms with Crippen LogP contribution < -0.4 is 5.32 Å². The lowest BCUT2D eigenvalue weighted by Crippen LogP contribution is -2.34.